The molecule has 1 aliphatic rings. The quantitative estimate of drug-likeness (QED) is 0.862. The van der Waals surface area contributed by atoms with Crippen molar-refractivity contribution in [1.29, 1.82) is 0 Å². The molecule has 2 atom stereocenters. The monoisotopic (exact) mass is 318 g/mol. The van der Waals surface area contributed by atoms with Crippen molar-refractivity contribution in [3.8, 4) is 0 Å². The fraction of sp³-hybridized carbons (Fsp3) is 0.471. The Labute approximate surface area is 135 Å². The van der Waals surface area contributed by atoms with Gasteiger partial charge in [0.25, 0.3) is 5.91 Å². The molecule has 1 heterocycles. The Hall–Kier alpha value is -2.37. The maximum atomic E-state index is 12.7. The van der Waals surface area contributed by atoms with Crippen LogP contribution < -0.4 is 5.32 Å². The number of hydrogen-bond donors (Lipinski definition) is 2. The zero-order valence-corrected chi connectivity index (χ0v) is 13.4. The minimum atomic E-state index is -0.959. The highest BCUT2D eigenvalue weighted by molar-refractivity contribution is 5.99. The lowest BCUT2D eigenvalue weighted by Gasteiger charge is -2.34. The second kappa shape index (κ2) is 6.81. The predicted molar refractivity (Wildman–Crippen MR) is 84.9 cm³/mol. The van der Waals surface area contributed by atoms with E-state index in [2.05, 4.69) is 5.32 Å². The van der Waals surface area contributed by atoms with Crippen molar-refractivity contribution >= 4 is 17.8 Å². The van der Waals surface area contributed by atoms with Gasteiger partial charge in [0, 0.05) is 18.7 Å². The van der Waals surface area contributed by atoms with Crippen LogP contribution in [0.15, 0.2) is 30.3 Å². The summed E-state index contributed by atoms with van der Waals surface area (Å²) in [6, 6.07) is 8.86. The zero-order chi connectivity index (χ0) is 17.0. The predicted octanol–water partition coefficient (Wildman–Crippen LogP) is 1.52. The molecular formula is C17H22N2O4. The fourth-order valence-electron chi connectivity index (χ4n) is 2.78. The molecule has 124 valence electrons. The number of carbonyl (C=O) groups is 3. The highest BCUT2D eigenvalue weighted by Gasteiger charge is 2.45. The Morgan fingerprint density at radius 3 is 2.57 bits per heavy atom. The van der Waals surface area contributed by atoms with Crippen molar-refractivity contribution in [3.05, 3.63) is 35.9 Å². The molecule has 6 nitrogen and oxygen atoms in total. The summed E-state index contributed by atoms with van der Waals surface area (Å²) < 4.78 is 0. The third-order valence-electron chi connectivity index (χ3n) is 4.39. The molecule has 1 aromatic carbocycles. The minimum Gasteiger partial charge on any atom is -0.481 e. The molecular weight excluding hydrogens is 296 g/mol. The van der Waals surface area contributed by atoms with E-state index in [0.29, 0.717) is 18.5 Å². The van der Waals surface area contributed by atoms with Crippen LogP contribution in [0.1, 0.15) is 37.0 Å². The normalized spacial score (nSPS) is 21.7. The van der Waals surface area contributed by atoms with E-state index in [4.69, 9.17) is 5.11 Å². The van der Waals surface area contributed by atoms with Gasteiger partial charge in [-0.25, -0.2) is 0 Å². The Bertz CT molecular complexity index is 602. The lowest BCUT2D eigenvalue weighted by atomic mass is 9.96. The van der Waals surface area contributed by atoms with Crippen molar-refractivity contribution in [3.63, 3.8) is 0 Å². The van der Waals surface area contributed by atoms with Gasteiger partial charge in [0.2, 0.25) is 5.91 Å². The largest absolute Gasteiger partial charge is 0.481 e. The SMILES string of the molecule is CC(CNC(=O)C1(C)CCCN1C(=O)c1ccccc1)C(=O)O. The molecule has 0 radical (unpaired) electrons. The van der Waals surface area contributed by atoms with Crippen LogP contribution in [-0.2, 0) is 9.59 Å². The number of nitrogens with one attached hydrogen (secondary N) is 1. The van der Waals surface area contributed by atoms with Gasteiger partial charge in [-0.2, -0.15) is 0 Å². The maximum absolute atomic E-state index is 12.7. The molecule has 0 bridgehead atoms. The molecule has 2 unspecified atom stereocenters. The van der Waals surface area contributed by atoms with Crippen LogP contribution in [0.2, 0.25) is 0 Å². The van der Waals surface area contributed by atoms with Gasteiger partial charge in [-0.05, 0) is 31.9 Å². The highest BCUT2D eigenvalue weighted by Crippen LogP contribution is 2.30. The first-order valence-electron chi connectivity index (χ1n) is 7.74. The maximum Gasteiger partial charge on any atom is 0.308 e. The Balaban J connectivity index is 2.11. The van der Waals surface area contributed by atoms with Crippen LogP contribution >= 0.6 is 0 Å². The van der Waals surface area contributed by atoms with E-state index < -0.39 is 17.4 Å². The van der Waals surface area contributed by atoms with E-state index in [0.717, 1.165) is 6.42 Å². The van der Waals surface area contributed by atoms with Crippen LogP contribution in [0.5, 0.6) is 0 Å². The fourth-order valence-corrected chi connectivity index (χ4v) is 2.78. The number of likely N-dealkylation sites (tertiary alicyclic amines) is 1. The second-order valence-corrected chi connectivity index (χ2v) is 6.15. The third-order valence-corrected chi connectivity index (χ3v) is 4.39. The van der Waals surface area contributed by atoms with Crippen LogP contribution in [0.25, 0.3) is 0 Å². The van der Waals surface area contributed by atoms with Crippen molar-refractivity contribution < 1.29 is 19.5 Å². The lowest BCUT2D eigenvalue weighted by molar-refractivity contribution is -0.141. The number of nitrogens with zero attached hydrogens (tertiary/aromatic N) is 1. The van der Waals surface area contributed by atoms with E-state index in [1.54, 1.807) is 36.1 Å². The number of carboxylic acids is 1. The van der Waals surface area contributed by atoms with Crippen molar-refractivity contribution in [2.75, 3.05) is 13.1 Å². The van der Waals surface area contributed by atoms with Crippen LogP contribution in [-0.4, -0.2) is 46.4 Å². The topological polar surface area (TPSA) is 86.7 Å². The van der Waals surface area contributed by atoms with Crippen molar-refractivity contribution in [2.45, 2.75) is 32.2 Å². The number of amides is 2. The van der Waals surface area contributed by atoms with Crippen molar-refractivity contribution in [2.24, 2.45) is 5.92 Å². The molecule has 0 aliphatic carbocycles. The molecule has 2 amide bonds. The molecule has 23 heavy (non-hydrogen) atoms. The van der Waals surface area contributed by atoms with E-state index in [9.17, 15) is 14.4 Å². The van der Waals surface area contributed by atoms with Gasteiger partial charge in [0.15, 0.2) is 0 Å². The molecule has 1 saturated heterocycles. The van der Waals surface area contributed by atoms with Gasteiger partial charge in [-0.3, -0.25) is 14.4 Å². The summed E-state index contributed by atoms with van der Waals surface area (Å²) in [5.74, 6) is -2.10. The molecule has 2 N–H and O–H groups in total. The van der Waals surface area contributed by atoms with Gasteiger partial charge < -0.3 is 15.3 Å². The Morgan fingerprint density at radius 2 is 1.96 bits per heavy atom. The zero-order valence-electron chi connectivity index (χ0n) is 13.4. The van der Waals surface area contributed by atoms with Gasteiger partial charge >= 0.3 is 5.97 Å². The first-order chi connectivity index (χ1) is 10.9. The summed E-state index contributed by atoms with van der Waals surface area (Å²) in [4.78, 5) is 37.6. The van der Waals surface area contributed by atoms with Gasteiger partial charge in [0.05, 0.1) is 5.92 Å². The van der Waals surface area contributed by atoms with E-state index in [-0.39, 0.29) is 18.4 Å². The summed E-state index contributed by atoms with van der Waals surface area (Å²) in [5.41, 5.74) is -0.391. The average molecular weight is 318 g/mol. The third kappa shape index (κ3) is 3.52. The van der Waals surface area contributed by atoms with Crippen LogP contribution in [0.4, 0.5) is 0 Å². The number of rotatable bonds is 5. The number of benzene rings is 1. The van der Waals surface area contributed by atoms with E-state index in [1.807, 2.05) is 6.07 Å². The van der Waals surface area contributed by atoms with Gasteiger partial charge in [0.1, 0.15) is 5.54 Å². The number of aliphatic carboxylic acids is 1. The van der Waals surface area contributed by atoms with Gasteiger partial charge in [-0.15, -0.1) is 0 Å². The van der Waals surface area contributed by atoms with Crippen molar-refractivity contribution in [1.82, 2.24) is 10.2 Å². The summed E-state index contributed by atoms with van der Waals surface area (Å²) in [5, 5.41) is 11.6. The Morgan fingerprint density at radius 1 is 1.30 bits per heavy atom. The second-order valence-electron chi connectivity index (χ2n) is 6.15. The molecule has 1 aromatic rings. The smallest absolute Gasteiger partial charge is 0.308 e. The molecule has 0 aromatic heterocycles. The lowest BCUT2D eigenvalue weighted by Crippen LogP contribution is -2.56. The first-order valence-corrected chi connectivity index (χ1v) is 7.74. The minimum absolute atomic E-state index is 0.0527. The Kier molecular flexibility index (Phi) is 5.03. The van der Waals surface area contributed by atoms with Crippen LogP contribution in [0.3, 0.4) is 0 Å². The summed E-state index contributed by atoms with van der Waals surface area (Å²) in [6.45, 7) is 3.84. The first kappa shape index (κ1) is 17.0. The summed E-state index contributed by atoms with van der Waals surface area (Å²) in [6.07, 6.45) is 1.32. The molecule has 2 rings (SSSR count). The molecule has 0 spiro atoms. The molecule has 6 heteroatoms. The number of carbonyl (C=O) groups excluding carboxylic acids is 2. The van der Waals surface area contributed by atoms with Crippen LogP contribution in [0, 0.1) is 5.92 Å². The summed E-state index contributed by atoms with van der Waals surface area (Å²) in [7, 11) is 0. The van der Waals surface area contributed by atoms with Gasteiger partial charge in [-0.1, -0.05) is 25.1 Å². The molecule has 1 aliphatic heterocycles. The summed E-state index contributed by atoms with van der Waals surface area (Å²) >= 11 is 0. The standard InChI is InChI=1S/C17H22N2O4/c1-12(15(21)22)11-18-16(23)17(2)9-6-10-19(17)14(20)13-7-4-3-5-8-13/h3-5,7-8,12H,6,9-11H2,1-2H3,(H,18,23)(H,21,22). The average Bonchev–Trinajstić information content (AvgIpc) is 2.95. The highest BCUT2D eigenvalue weighted by atomic mass is 16.4. The number of hydrogen-bond acceptors (Lipinski definition) is 3. The molecule has 1 fully saturated rings. The van der Waals surface area contributed by atoms with E-state index >= 15 is 0 Å². The van der Waals surface area contributed by atoms with E-state index in [1.165, 1.54) is 6.92 Å². The molecule has 0 saturated carbocycles. The number of carboxylic acid groups (broad SMARTS) is 1.